The molecule has 0 bridgehead atoms. The third kappa shape index (κ3) is 7.15. The molecule has 8 heteroatoms. The monoisotopic (exact) mass is 478 g/mol. The Bertz CT molecular complexity index is 680. The van der Waals surface area contributed by atoms with E-state index in [1.165, 1.54) is 6.07 Å². The molecule has 0 saturated carbocycles. The Labute approximate surface area is 169 Å². The van der Waals surface area contributed by atoms with E-state index in [1.807, 2.05) is 26.3 Å². The lowest BCUT2D eigenvalue weighted by molar-refractivity contribution is 0.214. The van der Waals surface area contributed by atoms with Gasteiger partial charge in [-0.15, -0.1) is 35.3 Å². The number of aromatic nitrogens is 1. The lowest BCUT2D eigenvalue weighted by Gasteiger charge is -2.18. The molecule has 0 aliphatic carbocycles. The van der Waals surface area contributed by atoms with Crippen LogP contribution in [0.1, 0.15) is 24.4 Å². The standard InChI is InChI=1S/C17H23FN4OS.HI/c1-4-19-17(21-10-16-13(3)22-11-24-16)20-9-12(2)23-15-8-6-5-7-14(15)18;/h5-8,11-12H,4,9-10H2,1-3H3,(H2,19,20,21);1H. The molecule has 0 aliphatic heterocycles. The minimum atomic E-state index is -0.356. The molecule has 0 radical (unpaired) electrons. The number of ether oxygens (including phenoxy) is 1. The molecule has 25 heavy (non-hydrogen) atoms. The van der Waals surface area contributed by atoms with Crippen LogP contribution in [0.15, 0.2) is 34.8 Å². The summed E-state index contributed by atoms with van der Waals surface area (Å²) in [6.07, 6.45) is -0.198. The topological polar surface area (TPSA) is 58.5 Å². The second-order valence-corrected chi connectivity index (χ2v) is 6.24. The van der Waals surface area contributed by atoms with Crippen LogP contribution in [-0.4, -0.2) is 30.1 Å². The lowest BCUT2D eigenvalue weighted by Crippen LogP contribution is -2.41. The molecule has 1 aromatic heterocycles. The number of nitrogens with one attached hydrogen (secondary N) is 2. The molecule has 138 valence electrons. The maximum Gasteiger partial charge on any atom is 0.191 e. The average molecular weight is 478 g/mol. The van der Waals surface area contributed by atoms with E-state index in [0.717, 1.165) is 17.1 Å². The maximum absolute atomic E-state index is 13.6. The van der Waals surface area contributed by atoms with Gasteiger partial charge in [-0.2, -0.15) is 0 Å². The van der Waals surface area contributed by atoms with Crippen molar-refractivity contribution in [3.63, 3.8) is 0 Å². The summed E-state index contributed by atoms with van der Waals surface area (Å²) in [5, 5.41) is 6.41. The van der Waals surface area contributed by atoms with E-state index < -0.39 is 0 Å². The summed E-state index contributed by atoms with van der Waals surface area (Å²) >= 11 is 1.60. The van der Waals surface area contributed by atoms with Crippen LogP contribution in [-0.2, 0) is 6.54 Å². The number of hydrogen-bond donors (Lipinski definition) is 2. The van der Waals surface area contributed by atoms with E-state index in [1.54, 1.807) is 29.5 Å². The molecule has 2 N–H and O–H groups in total. The highest BCUT2D eigenvalue weighted by atomic mass is 127. The molecule has 0 saturated heterocycles. The highest BCUT2D eigenvalue weighted by Gasteiger charge is 2.09. The van der Waals surface area contributed by atoms with Gasteiger partial charge in [0.2, 0.25) is 0 Å². The third-order valence-corrected chi connectivity index (χ3v) is 4.21. The SMILES string of the molecule is CCNC(=NCc1scnc1C)NCC(C)Oc1ccccc1F.I. The first kappa shape index (κ1) is 21.6. The van der Waals surface area contributed by atoms with Gasteiger partial charge in [-0.1, -0.05) is 12.1 Å². The fourth-order valence-corrected chi connectivity index (χ4v) is 2.71. The van der Waals surface area contributed by atoms with Crippen molar-refractivity contribution in [1.82, 2.24) is 15.6 Å². The number of thiazole rings is 1. The van der Waals surface area contributed by atoms with Crippen LogP contribution in [0.3, 0.4) is 0 Å². The molecule has 0 spiro atoms. The van der Waals surface area contributed by atoms with Gasteiger partial charge >= 0.3 is 0 Å². The van der Waals surface area contributed by atoms with Crippen molar-refractivity contribution in [2.45, 2.75) is 33.4 Å². The maximum atomic E-state index is 13.6. The normalized spacial score (nSPS) is 12.2. The molecule has 5 nitrogen and oxygen atoms in total. The van der Waals surface area contributed by atoms with Crippen molar-refractivity contribution >= 4 is 41.3 Å². The van der Waals surface area contributed by atoms with Gasteiger partial charge in [0, 0.05) is 11.4 Å². The zero-order valence-corrected chi connectivity index (χ0v) is 17.7. The number of nitrogens with zero attached hydrogens (tertiary/aromatic N) is 2. The summed E-state index contributed by atoms with van der Waals surface area (Å²) in [5.74, 6) is 0.605. The smallest absolute Gasteiger partial charge is 0.191 e. The minimum Gasteiger partial charge on any atom is -0.486 e. The molecular weight excluding hydrogens is 454 g/mol. The van der Waals surface area contributed by atoms with Crippen molar-refractivity contribution in [3.05, 3.63) is 46.2 Å². The van der Waals surface area contributed by atoms with Crippen LogP contribution in [0.4, 0.5) is 4.39 Å². The highest BCUT2D eigenvalue weighted by Crippen LogP contribution is 2.16. The Morgan fingerprint density at radius 3 is 2.76 bits per heavy atom. The summed E-state index contributed by atoms with van der Waals surface area (Å²) in [7, 11) is 0. The Balaban J connectivity index is 0.00000312. The molecular formula is C17H24FIN4OS. The highest BCUT2D eigenvalue weighted by molar-refractivity contribution is 14.0. The molecule has 0 amide bonds. The fraction of sp³-hybridized carbons (Fsp3) is 0.412. The van der Waals surface area contributed by atoms with E-state index in [-0.39, 0.29) is 41.6 Å². The van der Waals surface area contributed by atoms with Crippen molar-refractivity contribution < 1.29 is 9.13 Å². The summed E-state index contributed by atoms with van der Waals surface area (Å²) in [5.41, 5.74) is 2.83. The summed E-state index contributed by atoms with van der Waals surface area (Å²) in [6, 6.07) is 6.40. The third-order valence-electron chi connectivity index (χ3n) is 3.29. The second-order valence-electron chi connectivity index (χ2n) is 5.30. The van der Waals surface area contributed by atoms with Crippen LogP contribution in [0.5, 0.6) is 5.75 Å². The number of rotatable bonds is 7. The quantitative estimate of drug-likeness (QED) is 0.362. The van der Waals surface area contributed by atoms with Crippen molar-refractivity contribution in [3.8, 4) is 5.75 Å². The van der Waals surface area contributed by atoms with Crippen LogP contribution >= 0.6 is 35.3 Å². The summed E-state index contributed by atoms with van der Waals surface area (Å²) in [4.78, 5) is 9.91. The number of aryl methyl sites for hydroxylation is 1. The van der Waals surface area contributed by atoms with Gasteiger partial charge in [0.05, 0.1) is 24.3 Å². The van der Waals surface area contributed by atoms with Crippen LogP contribution in [0.2, 0.25) is 0 Å². The number of hydrogen-bond acceptors (Lipinski definition) is 4. The first-order valence-electron chi connectivity index (χ1n) is 7.92. The first-order chi connectivity index (χ1) is 11.6. The van der Waals surface area contributed by atoms with E-state index in [4.69, 9.17) is 4.74 Å². The molecule has 0 aliphatic rings. The van der Waals surface area contributed by atoms with Gasteiger partial charge in [0.25, 0.3) is 0 Å². The van der Waals surface area contributed by atoms with E-state index in [2.05, 4.69) is 20.6 Å². The van der Waals surface area contributed by atoms with E-state index in [0.29, 0.717) is 19.0 Å². The zero-order chi connectivity index (χ0) is 17.4. The van der Waals surface area contributed by atoms with Crippen molar-refractivity contribution in [2.24, 2.45) is 4.99 Å². The molecule has 2 rings (SSSR count). The van der Waals surface area contributed by atoms with Gasteiger partial charge in [-0.05, 0) is 32.9 Å². The molecule has 1 atom stereocenters. The van der Waals surface area contributed by atoms with Crippen LogP contribution in [0.25, 0.3) is 0 Å². The Hall–Kier alpha value is -1.42. The average Bonchev–Trinajstić information content (AvgIpc) is 2.97. The zero-order valence-electron chi connectivity index (χ0n) is 14.6. The predicted octanol–water partition coefficient (Wildman–Crippen LogP) is 3.73. The number of guanidine groups is 1. The van der Waals surface area contributed by atoms with Crippen molar-refractivity contribution in [1.29, 1.82) is 0 Å². The Morgan fingerprint density at radius 2 is 2.12 bits per heavy atom. The van der Waals surface area contributed by atoms with Gasteiger partial charge in [-0.25, -0.2) is 14.4 Å². The second kappa shape index (κ2) is 11.2. The molecule has 1 unspecified atom stereocenters. The van der Waals surface area contributed by atoms with Gasteiger partial charge < -0.3 is 15.4 Å². The van der Waals surface area contributed by atoms with Crippen LogP contribution in [0, 0.1) is 12.7 Å². The Kier molecular flexibility index (Phi) is 9.73. The van der Waals surface area contributed by atoms with E-state index >= 15 is 0 Å². The van der Waals surface area contributed by atoms with Gasteiger partial charge in [0.15, 0.2) is 17.5 Å². The van der Waals surface area contributed by atoms with Crippen molar-refractivity contribution in [2.75, 3.05) is 13.1 Å². The molecule has 2 aromatic rings. The first-order valence-corrected chi connectivity index (χ1v) is 8.80. The largest absolute Gasteiger partial charge is 0.486 e. The molecule has 0 fully saturated rings. The number of aliphatic imine (C=N–C) groups is 1. The lowest BCUT2D eigenvalue weighted by atomic mass is 10.3. The number of benzene rings is 1. The fourth-order valence-electron chi connectivity index (χ4n) is 2.01. The number of halogens is 2. The number of para-hydroxylation sites is 1. The Morgan fingerprint density at radius 1 is 1.36 bits per heavy atom. The minimum absolute atomic E-state index is 0. The molecule has 1 aromatic carbocycles. The van der Waals surface area contributed by atoms with Gasteiger partial charge in [-0.3, -0.25) is 0 Å². The summed E-state index contributed by atoms with van der Waals surface area (Å²) < 4.78 is 19.2. The predicted molar refractivity (Wildman–Crippen MR) is 112 cm³/mol. The summed E-state index contributed by atoms with van der Waals surface area (Å²) in [6.45, 7) is 7.73. The van der Waals surface area contributed by atoms with E-state index in [9.17, 15) is 4.39 Å². The van der Waals surface area contributed by atoms with Crippen LogP contribution < -0.4 is 15.4 Å². The molecule has 1 heterocycles. The van der Waals surface area contributed by atoms with Gasteiger partial charge in [0.1, 0.15) is 6.10 Å².